The van der Waals surface area contributed by atoms with E-state index in [9.17, 15) is 9.90 Å². The number of aromatic amines is 1. The molecule has 2 aromatic heterocycles. The van der Waals surface area contributed by atoms with E-state index in [2.05, 4.69) is 30.2 Å². The number of azo groups is 1. The monoisotopic (exact) mass is 272 g/mol. The van der Waals surface area contributed by atoms with Gasteiger partial charge < -0.3 is 15.8 Å². The van der Waals surface area contributed by atoms with E-state index in [0.717, 1.165) is 0 Å². The number of aromatic nitrogens is 3. The predicted octanol–water partition coefficient (Wildman–Crippen LogP) is 1.76. The average molecular weight is 272 g/mol. The largest absolute Gasteiger partial charge is 0.493 e. The Balaban J connectivity index is 1.97. The molecule has 9 nitrogen and oxygen atoms in total. The number of carbonyl (C=O) groups is 1. The highest BCUT2D eigenvalue weighted by Gasteiger charge is 2.16. The number of hydrogen-bond donors (Lipinski definition) is 3. The van der Waals surface area contributed by atoms with E-state index in [0.29, 0.717) is 10.9 Å². The zero-order chi connectivity index (χ0) is 14.1. The van der Waals surface area contributed by atoms with Gasteiger partial charge in [0.2, 0.25) is 17.4 Å². The minimum atomic E-state index is -0.812. The third-order valence-corrected chi connectivity index (χ3v) is 2.62. The quantitative estimate of drug-likeness (QED) is 0.606. The van der Waals surface area contributed by atoms with Crippen LogP contribution in [0.1, 0.15) is 10.5 Å². The van der Waals surface area contributed by atoms with E-state index < -0.39 is 5.91 Å². The number of benzene rings is 1. The van der Waals surface area contributed by atoms with Gasteiger partial charge in [-0.3, -0.25) is 4.79 Å². The van der Waals surface area contributed by atoms with Crippen molar-refractivity contribution >= 4 is 28.3 Å². The number of amides is 1. The van der Waals surface area contributed by atoms with Crippen LogP contribution in [0.25, 0.3) is 10.9 Å². The van der Waals surface area contributed by atoms with Crippen LogP contribution in [0.5, 0.6) is 5.88 Å². The Bertz CT molecular complexity index is 819. The fourth-order valence-electron chi connectivity index (χ4n) is 1.70. The molecule has 1 aromatic carbocycles. The smallest absolute Gasteiger partial charge is 0.321 e. The summed E-state index contributed by atoms with van der Waals surface area (Å²) in [6, 6.07) is 7.06. The molecule has 0 radical (unpaired) electrons. The van der Waals surface area contributed by atoms with Gasteiger partial charge in [0.25, 0.3) is 0 Å². The Kier molecular flexibility index (Phi) is 2.64. The highest BCUT2D eigenvalue weighted by Crippen LogP contribution is 2.35. The average Bonchev–Trinajstić information content (AvgIpc) is 2.99. The number of rotatable bonds is 2. The van der Waals surface area contributed by atoms with Gasteiger partial charge in [-0.15, -0.1) is 10.2 Å². The summed E-state index contributed by atoms with van der Waals surface area (Å²) in [4.78, 5) is 14.4. The Morgan fingerprint density at radius 3 is 2.90 bits per heavy atom. The Morgan fingerprint density at radius 2 is 2.15 bits per heavy atom. The lowest BCUT2D eigenvalue weighted by molar-refractivity contribution is 0.0986. The number of hydrogen-bond acceptors (Lipinski definition) is 7. The fraction of sp³-hybridized carbons (Fsp3) is 0. The Labute approximate surface area is 111 Å². The second kappa shape index (κ2) is 4.46. The van der Waals surface area contributed by atoms with Crippen molar-refractivity contribution in [1.29, 1.82) is 0 Å². The standard InChI is InChI=1S/C11H8N6O3/c12-9-8(16-20-17-9)11(19)15-14-7-5-3-1-2-4-6(5)13-10(7)18/h1-4,13,18H,(H2,12,17). The van der Waals surface area contributed by atoms with Crippen molar-refractivity contribution in [3.63, 3.8) is 0 Å². The highest BCUT2D eigenvalue weighted by molar-refractivity contribution is 5.98. The van der Waals surface area contributed by atoms with Gasteiger partial charge in [-0.1, -0.05) is 18.2 Å². The molecule has 4 N–H and O–H groups in total. The lowest BCUT2D eigenvalue weighted by Gasteiger charge is -1.90. The molecular formula is C11H8N6O3. The summed E-state index contributed by atoms with van der Waals surface area (Å²) in [6.07, 6.45) is 0. The zero-order valence-corrected chi connectivity index (χ0v) is 9.94. The number of nitrogens with zero attached hydrogens (tertiary/aromatic N) is 4. The molecule has 0 saturated carbocycles. The molecule has 0 saturated heterocycles. The second-order valence-electron chi connectivity index (χ2n) is 3.87. The number of nitrogen functional groups attached to an aromatic ring is 1. The van der Waals surface area contributed by atoms with Gasteiger partial charge in [-0.25, -0.2) is 4.63 Å². The predicted molar refractivity (Wildman–Crippen MR) is 67.5 cm³/mol. The van der Waals surface area contributed by atoms with Gasteiger partial charge in [-0.2, -0.15) is 0 Å². The molecule has 3 rings (SSSR count). The number of carbonyl (C=O) groups excluding carboxylic acids is 1. The highest BCUT2D eigenvalue weighted by atomic mass is 16.6. The maximum Gasteiger partial charge on any atom is 0.321 e. The Hall–Kier alpha value is -3.23. The molecule has 0 spiro atoms. The molecule has 0 unspecified atom stereocenters. The minimum absolute atomic E-state index is 0.156. The number of aromatic hydroxyl groups is 1. The van der Waals surface area contributed by atoms with Crippen LogP contribution in [0.2, 0.25) is 0 Å². The van der Waals surface area contributed by atoms with Crippen molar-refractivity contribution in [1.82, 2.24) is 15.3 Å². The first-order chi connectivity index (χ1) is 9.66. The van der Waals surface area contributed by atoms with E-state index in [1.54, 1.807) is 24.3 Å². The van der Waals surface area contributed by atoms with Crippen molar-refractivity contribution in [2.75, 3.05) is 5.73 Å². The fourth-order valence-corrected chi connectivity index (χ4v) is 1.70. The van der Waals surface area contributed by atoms with Gasteiger partial charge in [0.1, 0.15) is 0 Å². The number of H-pyrrole nitrogens is 1. The van der Waals surface area contributed by atoms with Crippen LogP contribution in [0.4, 0.5) is 11.5 Å². The van der Waals surface area contributed by atoms with Crippen molar-refractivity contribution in [3.8, 4) is 5.88 Å². The third kappa shape index (κ3) is 1.86. The normalized spacial score (nSPS) is 11.4. The Morgan fingerprint density at radius 1 is 1.35 bits per heavy atom. The molecule has 2 heterocycles. The van der Waals surface area contributed by atoms with Crippen LogP contribution >= 0.6 is 0 Å². The van der Waals surface area contributed by atoms with Gasteiger partial charge >= 0.3 is 5.91 Å². The lowest BCUT2D eigenvalue weighted by Crippen LogP contribution is -1.99. The molecular weight excluding hydrogens is 264 g/mol. The molecule has 1 amide bonds. The van der Waals surface area contributed by atoms with Gasteiger partial charge in [0.15, 0.2) is 5.69 Å². The minimum Gasteiger partial charge on any atom is -0.493 e. The summed E-state index contributed by atoms with van der Waals surface area (Å²) in [5.41, 5.74) is 5.97. The van der Waals surface area contributed by atoms with Crippen LogP contribution in [0.15, 0.2) is 39.1 Å². The van der Waals surface area contributed by atoms with Crippen LogP contribution in [-0.4, -0.2) is 26.3 Å². The third-order valence-electron chi connectivity index (χ3n) is 2.62. The molecule has 0 fully saturated rings. The summed E-state index contributed by atoms with van der Waals surface area (Å²) in [5.74, 6) is -1.17. The van der Waals surface area contributed by atoms with Crippen LogP contribution < -0.4 is 5.73 Å². The second-order valence-corrected chi connectivity index (χ2v) is 3.87. The summed E-state index contributed by atoms with van der Waals surface area (Å²) in [6.45, 7) is 0. The van der Waals surface area contributed by atoms with Crippen molar-refractivity contribution in [2.45, 2.75) is 0 Å². The maximum atomic E-state index is 11.7. The number of anilines is 1. The molecule has 3 aromatic rings. The van der Waals surface area contributed by atoms with Crippen LogP contribution in [0.3, 0.4) is 0 Å². The first-order valence-electron chi connectivity index (χ1n) is 5.50. The summed E-state index contributed by atoms with van der Waals surface area (Å²) >= 11 is 0. The summed E-state index contributed by atoms with van der Waals surface area (Å²) < 4.78 is 4.29. The zero-order valence-electron chi connectivity index (χ0n) is 9.94. The van der Waals surface area contributed by atoms with E-state index in [1.807, 2.05) is 0 Å². The first-order valence-corrected chi connectivity index (χ1v) is 5.50. The molecule has 9 heteroatoms. The molecule has 20 heavy (non-hydrogen) atoms. The molecule has 0 aliphatic rings. The summed E-state index contributed by atoms with van der Waals surface area (Å²) in [7, 11) is 0. The van der Waals surface area contributed by atoms with Crippen molar-refractivity contribution < 1.29 is 14.5 Å². The lowest BCUT2D eigenvalue weighted by atomic mass is 10.2. The number of para-hydroxylation sites is 1. The summed E-state index contributed by atoms with van der Waals surface area (Å²) in [5, 5.41) is 24.1. The van der Waals surface area contributed by atoms with Crippen LogP contribution in [0, 0.1) is 0 Å². The van der Waals surface area contributed by atoms with E-state index in [4.69, 9.17) is 5.73 Å². The molecule has 100 valence electrons. The SMILES string of the molecule is Nc1nonc1C(=O)N=Nc1c(O)[nH]c2ccccc12. The maximum absolute atomic E-state index is 11.7. The van der Waals surface area contributed by atoms with Gasteiger partial charge in [0.05, 0.1) is 5.52 Å². The van der Waals surface area contributed by atoms with Gasteiger partial charge in [0, 0.05) is 5.39 Å². The molecule has 0 bridgehead atoms. The first kappa shape index (κ1) is 11.8. The van der Waals surface area contributed by atoms with Crippen LogP contribution in [-0.2, 0) is 0 Å². The van der Waals surface area contributed by atoms with Crippen molar-refractivity contribution in [3.05, 3.63) is 30.0 Å². The van der Waals surface area contributed by atoms with E-state index in [-0.39, 0.29) is 23.1 Å². The molecule has 0 aliphatic carbocycles. The van der Waals surface area contributed by atoms with Crippen molar-refractivity contribution in [2.24, 2.45) is 10.2 Å². The molecule has 0 atom stereocenters. The van der Waals surface area contributed by atoms with Gasteiger partial charge in [-0.05, 0) is 16.4 Å². The topological polar surface area (TPSA) is 143 Å². The van der Waals surface area contributed by atoms with E-state index in [1.165, 1.54) is 0 Å². The molecule has 0 aliphatic heterocycles. The number of fused-ring (bicyclic) bond motifs is 1. The number of nitrogens with one attached hydrogen (secondary N) is 1. The van der Waals surface area contributed by atoms with E-state index >= 15 is 0 Å². The number of nitrogens with two attached hydrogens (primary N) is 1.